The van der Waals surface area contributed by atoms with E-state index in [0.717, 1.165) is 24.6 Å². The van der Waals surface area contributed by atoms with Crippen molar-refractivity contribution in [1.29, 1.82) is 0 Å². The first-order valence-corrected chi connectivity index (χ1v) is 9.54. The Morgan fingerprint density at radius 2 is 2.26 bits per heavy atom. The van der Waals surface area contributed by atoms with Crippen molar-refractivity contribution < 1.29 is 9.26 Å². The first-order chi connectivity index (χ1) is 13.0. The Bertz CT molecular complexity index is 850. The fraction of sp³-hybridized carbons (Fsp3) is 0.526. The third kappa shape index (κ3) is 3.41. The molecule has 2 N–H and O–H groups in total. The highest BCUT2D eigenvalue weighted by Crippen LogP contribution is 2.52. The lowest BCUT2D eigenvalue weighted by Gasteiger charge is -2.54. The first-order valence-electron chi connectivity index (χ1n) is 9.16. The molecule has 2 heterocycles. The van der Waals surface area contributed by atoms with Gasteiger partial charge in [-0.3, -0.25) is 4.99 Å². The van der Waals surface area contributed by atoms with Gasteiger partial charge in [-0.1, -0.05) is 42.7 Å². The summed E-state index contributed by atoms with van der Waals surface area (Å²) in [7, 11) is 1.76. The average molecular weight is 390 g/mol. The van der Waals surface area contributed by atoms with Gasteiger partial charge in [0.25, 0.3) is 0 Å². The van der Waals surface area contributed by atoms with Crippen LogP contribution < -0.4 is 10.6 Å². The fourth-order valence-corrected chi connectivity index (χ4v) is 4.38. The Balaban J connectivity index is 1.37. The van der Waals surface area contributed by atoms with Crippen LogP contribution in [0.25, 0.3) is 11.4 Å². The van der Waals surface area contributed by atoms with Gasteiger partial charge in [0.1, 0.15) is 0 Å². The molecule has 3 unspecified atom stereocenters. The number of nitrogens with zero attached hydrogens (tertiary/aromatic N) is 3. The number of hydrogen-bond acceptors (Lipinski definition) is 5. The molecule has 1 saturated carbocycles. The molecule has 27 heavy (non-hydrogen) atoms. The molecule has 2 fully saturated rings. The summed E-state index contributed by atoms with van der Waals surface area (Å²) in [5.74, 6) is 2.27. The molecule has 8 heteroatoms. The van der Waals surface area contributed by atoms with Gasteiger partial charge in [-0.05, 0) is 18.6 Å². The second kappa shape index (κ2) is 7.13. The number of halogens is 1. The van der Waals surface area contributed by atoms with Gasteiger partial charge in [-0.2, -0.15) is 4.98 Å². The van der Waals surface area contributed by atoms with E-state index in [-0.39, 0.29) is 5.41 Å². The number of nitrogens with one attached hydrogen (secondary N) is 2. The van der Waals surface area contributed by atoms with Gasteiger partial charge in [0.15, 0.2) is 5.96 Å². The van der Waals surface area contributed by atoms with E-state index in [9.17, 15) is 0 Å². The van der Waals surface area contributed by atoms with Crippen molar-refractivity contribution in [2.75, 3.05) is 13.7 Å². The predicted octanol–water partition coefficient (Wildman–Crippen LogP) is 2.87. The van der Waals surface area contributed by atoms with Gasteiger partial charge >= 0.3 is 0 Å². The predicted molar refractivity (Wildman–Crippen MR) is 103 cm³/mol. The summed E-state index contributed by atoms with van der Waals surface area (Å²) in [6.07, 6.45) is 1.43. The highest BCUT2D eigenvalue weighted by molar-refractivity contribution is 6.30. The minimum atomic E-state index is 0.0863. The zero-order valence-corrected chi connectivity index (χ0v) is 16.5. The van der Waals surface area contributed by atoms with Gasteiger partial charge in [0, 0.05) is 41.6 Å². The van der Waals surface area contributed by atoms with Gasteiger partial charge in [0.2, 0.25) is 11.7 Å². The molecule has 1 saturated heterocycles. The van der Waals surface area contributed by atoms with Crippen LogP contribution in [0, 0.1) is 11.3 Å². The summed E-state index contributed by atoms with van der Waals surface area (Å²) in [4.78, 5) is 8.75. The number of hydrogen-bond donors (Lipinski definition) is 2. The molecular formula is C19H24ClN5O2. The molecule has 0 bridgehead atoms. The SMILES string of the molecule is CN=C(NCc1nc(-c2cccc(Cl)c2)no1)NC1C2CCOC2C1(C)C. The average Bonchev–Trinajstić information content (AvgIpc) is 3.30. The Labute approximate surface area is 163 Å². The van der Waals surface area contributed by atoms with Crippen LogP contribution in [-0.4, -0.2) is 41.9 Å². The van der Waals surface area contributed by atoms with Crippen LogP contribution in [-0.2, 0) is 11.3 Å². The van der Waals surface area contributed by atoms with E-state index in [0.29, 0.717) is 41.3 Å². The maximum atomic E-state index is 6.02. The minimum Gasteiger partial charge on any atom is -0.377 e. The summed E-state index contributed by atoms with van der Waals surface area (Å²) in [6.45, 7) is 5.71. The second-order valence-corrected chi connectivity index (χ2v) is 8.07. The highest BCUT2D eigenvalue weighted by atomic mass is 35.5. The number of guanidine groups is 1. The summed E-state index contributed by atoms with van der Waals surface area (Å²) in [5, 5.41) is 11.4. The lowest BCUT2D eigenvalue weighted by Crippen LogP contribution is -2.67. The zero-order chi connectivity index (χ0) is 19.0. The molecule has 1 aromatic heterocycles. The number of rotatable bonds is 4. The second-order valence-electron chi connectivity index (χ2n) is 7.64. The summed E-state index contributed by atoms with van der Waals surface area (Å²) in [5.41, 5.74) is 0.909. The molecule has 1 aliphatic carbocycles. The van der Waals surface area contributed by atoms with Crippen molar-refractivity contribution in [2.24, 2.45) is 16.3 Å². The number of ether oxygens (including phenoxy) is 1. The molecule has 1 aliphatic heterocycles. The third-order valence-electron chi connectivity index (χ3n) is 5.57. The lowest BCUT2D eigenvalue weighted by atomic mass is 9.57. The maximum absolute atomic E-state index is 6.02. The lowest BCUT2D eigenvalue weighted by molar-refractivity contribution is -0.106. The van der Waals surface area contributed by atoms with Crippen molar-refractivity contribution in [3.05, 3.63) is 35.2 Å². The van der Waals surface area contributed by atoms with Crippen molar-refractivity contribution in [3.8, 4) is 11.4 Å². The number of benzene rings is 1. The maximum Gasteiger partial charge on any atom is 0.246 e. The Morgan fingerprint density at radius 3 is 3.04 bits per heavy atom. The number of aliphatic imine (C=N–C) groups is 1. The molecule has 4 rings (SSSR count). The van der Waals surface area contributed by atoms with Gasteiger partial charge in [0.05, 0.1) is 12.6 Å². The van der Waals surface area contributed by atoms with E-state index >= 15 is 0 Å². The molecular weight excluding hydrogens is 366 g/mol. The van der Waals surface area contributed by atoms with Crippen molar-refractivity contribution in [2.45, 2.75) is 39.0 Å². The van der Waals surface area contributed by atoms with E-state index in [1.807, 2.05) is 24.3 Å². The van der Waals surface area contributed by atoms with Crippen molar-refractivity contribution in [3.63, 3.8) is 0 Å². The molecule has 144 valence electrons. The van der Waals surface area contributed by atoms with Crippen LogP contribution in [0.4, 0.5) is 0 Å². The largest absolute Gasteiger partial charge is 0.377 e. The summed E-state index contributed by atoms with van der Waals surface area (Å²) < 4.78 is 11.2. The molecule has 7 nitrogen and oxygen atoms in total. The van der Waals surface area contributed by atoms with E-state index in [1.54, 1.807) is 7.05 Å². The molecule has 3 atom stereocenters. The van der Waals surface area contributed by atoms with E-state index in [4.69, 9.17) is 20.9 Å². The van der Waals surface area contributed by atoms with Crippen LogP contribution in [0.1, 0.15) is 26.2 Å². The Morgan fingerprint density at radius 1 is 1.41 bits per heavy atom. The molecule has 0 radical (unpaired) electrons. The topological polar surface area (TPSA) is 84.6 Å². The molecule has 0 amide bonds. The van der Waals surface area contributed by atoms with Crippen LogP contribution in [0.2, 0.25) is 5.02 Å². The van der Waals surface area contributed by atoms with Crippen LogP contribution >= 0.6 is 11.6 Å². The minimum absolute atomic E-state index is 0.0863. The van der Waals surface area contributed by atoms with Crippen LogP contribution in [0.3, 0.4) is 0 Å². The summed E-state index contributed by atoms with van der Waals surface area (Å²) >= 11 is 6.02. The smallest absolute Gasteiger partial charge is 0.246 e. The molecule has 2 aliphatic rings. The van der Waals surface area contributed by atoms with E-state index in [2.05, 4.69) is 39.6 Å². The van der Waals surface area contributed by atoms with E-state index < -0.39 is 0 Å². The standard InChI is InChI=1S/C19H24ClN5O2/c1-19(2)15(13-7-8-26-16(13)19)24-18(21-3)22-10-14-23-17(25-27-14)11-5-4-6-12(20)9-11/h4-6,9,13,15-16H,7-8,10H2,1-3H3,(H2,21,22,24). The summed E-state index contributed by atoms with van der Waals surface area (Å²) in [6, 6.07) is 7.71. The monoisotopic (exact) mass is 389 g/mol. The first kappa shape index (κ1) is 18.3. The van der Waals surface area contributed by atoms with E-state index in [1.165, 1.54) is 0 Å². The number of fused-ring (bicyclic) bond motifs is 1. The van der Waals surface area contributed by atoms with Crippen molar-refractivity contribution >= 4 is 17.6 Å². The third-order valence-corrected chi connectivity index (χ3v) is 5.81. The van der Waals surface area contributed by atoms with Gasteiger partial charge in [-0.25, -0.2) is 0 Å². The molecule has 2 aromatic rings. The van der Waals surface area contributed by atoms with Crippen LogP contribution in [0.5, 0.6) is 0 Å². The van der Waals surface area contributed by atoms with Crippen molar-refractivity contribution in [1.82, 2.24) is 20.8 Å². The quantitative estimate of drug-likeness (QED) is 0.617. The molecule has 0 spiro atoms. The normalized spacial score (nSPS) is 26.4. The molecule has 1 aromatic carbocycles. The Kier molecular flexibility index (Phi) is 4.82. The van der Waals surface area contributed by atoms with Crippen LogP contribution in [0.15, 0.2) is 33.8 Å². The Hall–Kier alpha value is -2.12. The highest BCUT2D eigenvalue weighted by Gasteiger charge is 2.59. The fourth-order valence-electron chi connectivity index (χ4n) is 4.19. The van der Waals surface area contributed by atoms with Gasteiger partial charge in [-0.15, -0.1) is 0 Å². The zero-order valence-electron chi connectivity index (χ0n) is 15.7. The number of aromatic nitrogens is 2. The van der Waals surface area contributed by atoms with Gasteiger partial charge < -0.3 is 19.9 Å².